The first-order valence-electron chi connectivity index (χ1n) is 4.83. The minimum atomic E-state index is -1.05. The molecule has 106 valence electrons. The number of anilines is 1. The minimum absolute atomic E-state index is 0.0990. The fraction of sp³-hybridized carbons (Fsp3) is 0. The van der Waals surface area contributed by atoms with E-state index in [4.69, 9.17) is 5.73 Å². The molecule has 0 saturated carbocycles. The third-order valence-electron chi connectivity index (χ3n) is 1.82. The van der Waals surface area contributed by atoms with Gasteiger partial charge in [-0.05, 0) is 51.2 Å². The molecule has 0 spiro atoms. The largest absolute Gasteiger partial charge is 0.395 e. The highest BCUT2D eigenvalue weighted by atomic mass is 127. The first-order chi connectivity index (χ1) is 9.31. The SMILES string of the molecule is Nc1cc(I)cnc1F.O=[N+]([O-])c1cc(I)cnc1F. The van der Waals surface area contributed by atoms with Crippen LogP contribution in [0.4, 0.5) is 20.2 Å². The van der Waals surface area contributed by atoms with Crippen LogP contribution >= 0.6 is 45.2 Å². The molecule has 0 amide bonds. The van der Waals surface area contributed by atoms with Gasteiger partial charge in [0.1, 0.15) is 0 Å². The van der Waals surface area contributed by atoms with Gasteiger partial charge in [0.25, 0.3) is 5.95 Å². The Morgan fingerprint density at radius 2 is 1.60 bits per heavy atom. The Balaban J connectivity index is 0.000000204. The van der Waals surface area contributed by atoms with E-state index in [1.54, 1.807) is 0 Å². The van der Waals surface area contributed by atoms with E-state index in [2.05, 4.69) is 9.97 Å². The van der Waals surface area contributed by atoms with E-state index in [-0.39, 0.29) is 5.69 Å². The highest BCUT2D eigenvalue weighted by Crippen LogP contribution is 2.16. The molecule has 0 fully saturated rings. The van der Waals surface area contributed by atoms with Crippen molar-refractivity contribution in [1.29, 1.82) is 0 Å². The van der Waals surface area contributed by atoms with Crippen LogP contribution in [0.2, 0.25) is 0 Å². The minimum Gasteiger partial charge on any atom is -0.395 e. The Morgan fingerprint density at radius 1 is 1.10 bits per heavy atom. The number of pyridine rings is 2. The smallest absolute Gasteiger partial charge is 0.325 e. The highest BCUT2D eigenvalue weighted by molar-refractivity contribution is 14.1. The van der Waals surface area contributed by atoms with Crippen LogP contribution in [0.1, 0.15) is 0 Å². The summed E-state index contributed by atoms with van der Waals surface area (Å²) < 4.78 is 26.1. The van der Waals surface area contributed by atoms with E-state index in [1.807, 2.05) is 45.2 Å². The Hall–Kier alpha value is -1.18. The van der Waals surface area contributed by atoms with Crippen molar-refractivity contribution >= 4 is 56.6 Å². The lowest BCUT2D eigenvalue weighted by Gasteiger charge is -1.92. The van der Waals surface area contributed by atoms with Crippen LogP contribution in [0.3, 0.4) is 0 Å². The lowest BCUT2D eigenvalue weighted by Crippen LogP contribution is -1.95. The van der Waals surface area contributed by atoms with Crippen LogP contribution in [0.25, 0.3) is 0 Å². The van der Waals surface area contributed by atoms with Crippen LogP contribution in [0, 0.1) is 29.2 Å². The lowest BCUT2D eigenvalue weighted by molar-refractivity contribution is -0.388. The molecule has 2 N–H and O–H groups in total. The van der Waals surface area contributed by atoms with Crippen molar-refractivity contribution < 1.29 is 13.7 Å². The molecule has 0 radical (unpaired) electrons. The number of halogens is 4. The van der Waals surface area contributed by atoms with E-state index in [1.165, 1.54) is 18.5 Å². The Bertz CT molecular complexity index is 643. The molecule has 0 aliphatic heterocycles. The van der Waals surface area contributed by atoms with Crippen LogP contribution < -0.4 is 5.73 Å². The number of nitro groups is 1. The van der Waals surface area contributed by atoms with Gasteiger partial charge in [-0.15, -0.1) is 0 Å². The maximum absolute atomic E-state index is 12.5. The molecule has 2 rings (SSSR count). The lowest BCUT2D eigenvalue weighted by atomic mass is 10.4. The van der Waals surface area contributed by atoms with Crippen molar-refractivity contribution in [2.45, 2.75) is 0 Å². The number of hydrogen-bond acceptors (Lipinski definition) is 5. The highest BCUT2D eigenvalue weighted by Gasteiger charge is 2.14. The maximum atomic E-state index is 12.5. The molecule has 2 heterocycles. The van der Waals surface area contributed by atoms with Gasteiger partial charge in [0.2, 0.25) is 5.95 Å². The molecule has 2 aromatic heterocycles. The number of hydrogen-bond donors (Lipinski definition) is 1. The molecule has 0 atom stereocenters. The monoisotopic (exact) mass is 506 g/mol. The Morgan fingerprint density at radius 3 is 2.00 bits per heavy atom. The van der Waals surface area contributed by atoms with Gasteiger partial charge in [-0.3, -0.25) is 10.1 Å². The summed E-state index contributed by atoms with van der Waals surface area (Å²) in [7, 11) is 0. The van der Waals surface area contributed by atoms with Crippen LogP contribution in [-0.2, 0) is 0 Å². The average molecular weight is 506 g/mol. The molecule has 10 heteroatoms. The second-order valence-electron chi connectivity index (χ2n) is 3.25. The quantitative estimate of drug-likeness (QED) is 0.278. The zero-order chi connectivity index (χ0) is 15.3. The van der Waals surface area contributed by atoms with Crippen LogP contribution in [-0.4, -0.2) is 14.9 Å². The molecule has 0 unspecified atom stereocenters. The zero-order valence-corrected chi connectivity index (χ0v) is 13.9. The van der Waals surface area contributed by atoms with Crippen molar-refractivity contribution in [3.05, 3.63) is 53.7 Å². The van der Waals surface area contributed by atoms with Gasteiger partial charge in [0.15, 0.2) is 0 Å². The topological polar surface area (TPSA) is 94.9 Å². The van der Waals surface area contributed by atoms with Gasteiger partial charge in [0.05, 0.1) is 10.6 Å². The molecule has 2 aromatic rings. The molecule has 6 nitrogen and oxygen atoms in total. The molecular formula is C10H6F2I2N4O2. The molecule has 0 aliphatic rings. The summed E-state index contributed by atoms with van der Waals surface area (Å²) >= 11 is 3.83. The van der Waals surface area contributed by atoms with Crippen LogP contribution in [0.15, 0.2) is 24.5 Å². The third kappa shape index (κ3) is 5.07. The summed E-state index contributed by atoms with van der Waals surface area (Å²) in [5.41, 5.74) is 4.69. The second-order valence-corrected chi connectivity index (χ2v) is 5.75. The Kier molecular flexibility index (Phi) is 6.38. The number of nitrogens with two attached hydrogens (primary N) is 1. The first kappa shape index (κ1) is 16.9. The Labute approximate surface area is 139 Å². The average Bonchev–Trinajstić information content (AvgIpc) is 2.38. The van der Waals surface area contributed by atoms with Gasteiger partial charge < -0.3 is 5.73 Å². The van der Waals surface area contributed by atoms with Crippen molar-refractivity contribution in [3.63, 3.8) is 0 Å². The normalized spacial score (nSPS) is 9.60. The van der Waals surface area contributed by atoms with E-state index < -0.39 is 22.5 Å². The maximum Gasteiger partial charge on any atom is 0.325 e. The van der Waals surface area contributed by atoms with E-state index in [0.29, 0.717) is 3.57 Å². The summed E-state index contributed by atoms with van der Waals surface area (Å²) in [6.07, 6.45) is 2.65. The third-order valence-corrected chi connectivity index (χ3v) is 3.00. The molecule has 20 heavy (non-hydrogen) atoms. The molecular weight excluding hydrogens is 500 g/mol. The van der Waals surface area contributed by atoms with Crippen molar-refractivity contribution in [2.24, 2.45) is 0 Å². The van der Waals surface area contributed by atoms with Gasteiger partial charge in [0, 0.05) is 25.6 Å². The summed E-state index contributed by atoms with van der Waals surface area (Å²) in [6.45, 7) is 0. The summed E-state index contributed by atoms with van der Waals surface area (Å²) in [5.74, 6) is -1.65. The molecule has 0 bridgehead atoms. The zero-order valence-electron chi connectivity index (χ0n) is 9.56. The van der Waals surface area contributed by atoms with Crippen molar-refractivity contribution in [1.82, 2.24) is 9.97 Å². The fourth-order valence-electron chi connectivity index (χ4n) is 0.978. The van der Waals surface area contributed by atoms with Gasteiger partial charge in [-0.1, -0.05) is 0 Å². The standard InChI is InChI=1S/C5H2FIN2O2.C5H4FIN2/c6-5-4(9(10)11)1-3(7)2-8-5;6-5-4(8)1-3(7)2-9-5/h1-2H;1-2H,8H2. The van der Waals surface area contributed by atoms with Crippen molar-refractivity contribution in [3.8, 4) is 0 Å². The van der Waals surface area contributed by atoms with Crippen LogP contribution in [0.5, 0.6) is 0 Å². The number of nitrogen functional groups attached to an aromatic ring is 1. The fourth-order valence-corrected chi connectivity index (χ4v) is 1.89. The van der Waals surface area contributed by atoms with E-state index >= 15 is 0 Å². The molecule has 0 aliphatic carbocycles. The molecule has 0 saturated heterocycles. The predicted molar refractivity (Wildman–Crippen MR) is 84.9 cm³/mol. The number of aromatic nitrogens is 2. The van der Waals surface area contributed by atoms with Gasteiger partial charge in [-0.2, -0.15) is 8.78 Å². The van der Waals surface area contributed by atoms with E-state index in [0.717, 1.165) is 9.64 Å². The summed E-state index contributed by atoms with van der Waals surface area (Å²) in [4.78, 5) is 15.9. The molecule has 0 aromatic carbocycles. The van der Waals surface area contributed by atoms with Gasteiger partial charge in [-0.25, -0.2) is 9.97 Å². The second kappa shape index (κ2) is 7.56. The van der Waals surface area contributed by atoms with E-state index in [9.17, 15) is 18.9 Å². The van der Waals surface area contributed by atoms with Crippen molar-refractivity contribution in [2.75, 3.05) is 5.73 Å². The summed E-state index contributed by atoms with van der Waals surface area (Å²) in [5, 5.41) is 10.1. The predicted octanol–water partition coefficient (Wildman–Crippen LogP) is 3.14. The first-order valence-corrected chi connectivity index (χ1v) is 6.99. The number of rotatable bonds is 1. The number of nitrogens with zero attached hydrogens (tertiary/aromatic N) is 3. The summed E-state index contributed by atoms with van der Waals surface area (Å²) in [6, 6.07) is 2.66. The van der Waals surface area contributed by atoms with Gasteiger partial charge >= 0.3 is 5.69 Å².